The van der Waals surface area contributed by atoms with Gasteiger partial charge in [-0.05, 0) is 32.9 Å². The zero-order valence-corrected chi connectivity index (χ0v) is 11.8. The van der Waals surface area contributed by atoms with Crippen molar-refractivity contribution in [1.29, 1.82) is 0 Å². The van der Waals surface area contributed by atoms with E-state index in [0.717, 1.165) is 40.8 Å². The monoisotopic (exact) mass is 257 g/mol. The lowest BCUT2D eigenvalue weighted by Crippen LogP contribution is -2.06. The fourth-order valence-electron chi connectivity index (χ4n) is 1.92. The molecule has 1 heterocycles. The van der Waals surface area contributed by atoms with E-state index in [1.54, 1.807) is 7.11 Å². The van der Waals surface area contributed by atoms with Crippen molar-refractivity contribution in [2.45, 2.75) is 20.8 Å². The maximum Gasteiger partial charge on any atom is 0.153 e. The predicted octanol–water partition coefficient (Wildman–Crippen LogP) is 3.20. The molecule has 1 aromatic carbocycles. The third-order valence-corrected chi connectivity index (χ3v) is 3.01. The number of ether oxygens (including phenoxy) is 1. The second kappa shape index (κ2) is 5.69. The maximum atomic E-state index is 5.41. The molecular weight excluding hydrogens is 238 g/mol. The lowest BCUT2D eigenvalue weighted by Gasteiger charge is -2.14. The molecule has 4 heteroatoms. The Bertz CT molecular complexity index is 582. The molecule has 0 fully saturated rings. The third-order valence-electron chi connectivity index (χ3n) is 3.01. The number of para-hydroxylation sites is 1. The fourth-order valence-corrected chi connectivity index (χ4v) is 1.92. The van der Waals surface area contributed by atoms with Crippen LogP contribution in [0.5, 0.6) is 5.75 Å². The van der Waals surface area contributed by atoms with Gasteiger partial charge in [0.1, 0.15) is 11.4 Å². The van der Waals surface area contributed by atoms with Crippen molar-refractivity contribution in [3.63, 3.8) is 0 Å². The Balaban J connectivity index is 2.62. The first kappa shape index (κ1) is 13.3. The molecule has 0 saturated heterocycles. The summed E-state index contributed by atoms with van der Waals surface area (Å²) >= 11 is 0. The number of aryl methyl sites for hydroxylation is 2. The van der Waals surface area contributed by atoms with Crippen molar-refractivity contribution in [1.82, 2.24) is 9.97 Å². The van der Waals surface area contributed by atoms with E-state index in [4.69, 9.17) is 4.74 Å². The minimum atomic E-state index is 0.801. The molecule has 0 atom stereocenters. The normalized spacial score (nSPS) is 10.3. The molecule has 0 aliphatic carbocycles. The summed E-state index contributed by atoms with van der Waals surface area (Å²) in [4.78, 5) is 9.25. The van der Waals surface area contributed by atoms with Crippen LogP contribution >= 0.6 is 0 Å². The Labute approximate surface area is 113 Å². The summed E-state index contributed by atoms with van der Waals surface area (Å²) in [6.07, 6.45) is 0. The lowest BCUT2D eigenvalue weighted by atomic mass is 10.1. The van der Waals surface area contributed by atoms with Crippen LogP contribution in [0.1, 0.15) is 18.3 Å². The van der Waals surface area contributed by atoms with E-state index in [-0.39, 0.29) is 0 Å². The molecule has 0 bridgehead atoms. The van der Waals surface area contributed by atoms with Gasteiger partial charge in [-0.15, -0.1) is 0 Å². The zero-order valence-electron chi connectivity index (χ0n) is 11.8. The molecule has 1 aromatic heterocycles. The average molecular weight is 257 g/mol. The number of nitrogens with one attached hydrogen (secondary N) is 1. The summed E-state index contributed by atoms with van der Waals surface area (Å²) in [7, 11) is 1.67. The van der Waals surface area contributed by atoms with E-state index in [1.807, 2.05) is 45.0 Å². The van der Waals surface area contributed by atoms with E-state index in [0.29, 0.717) is 0 Å². The Morgan fingerprint density at radius 3 is 2.47 bits per heavy atom. The van der Waals surface area contributed by atoms with Crippen LogP contribution in [0.15, 0.2) is 24.3 Å². The SMILES string of the molecule is CCNc1nc(C)c(C)nc1-c1ccccc1OC. The van der Waals surface area contributed by atoms with Gasteiger partial charge in [0.05, 0.1) is 18.5 Å². The Morgan fingerprint density at radius 1 is 1.11 bits per heavy atom. The number of benzene rings is 1. The summed E-state index contributed by atoms with van der Waals surface area (Å²) in [5, 5.41) is 3.26. The van der Waals surface area contributed by atoms with Gasteiger partial charge in [-0.25, -0.2) is 9.97 Å². The second-order valence-corrected chi connectivity index (χ2v) is 4.32. The second-order valence-electron chi connectivity index (χ2n) is 4.32. The molecule has 100 valence electrons. The molecule has 2 aromatic rings. The summed E-state index contributed by atoms with van der Waals surface area (Å²) in [5.41, 5.74) is 3.66. The van der Waals surface area contributed by atoms with Crippen LogP contribution in [0.25, 0.3) is 11.3 Å². The first-order valence-electron chi connectivity index (χ1n) is 6.39. The van der Waals surface area contributed by atoms with Crippen molar-refractivity contribution >= 4 is 5.82 Å². The van der Waals surface area contributed by atoms with Gasteiger partial charge in [-0.2, -0.15) is 0 Å². The zero-order chi connectivity index (χ0) is 13.8. The van der Waals surface area contributed by atoms with E-state index < -0.39 is 0 Å². The summed E-state index contributed by atoms with van der Waals surface area (Å²) in [6, 6.07) is 7.86. The molecule has 19 heavy (non-hydrogen) atoms. The molecule has 0 radical (unpaired) electrons. The topological polar surface area (TPSA) is 47.0 Å². The van der Waals surface area contributed by atoms with Crippen LogP contribution in [0.2, 0.25) is 0 Å². The van der Waals surface area contributed by atoms with Crippen molar-refractivity contribution in [3.05, 3.63) is 35.7 Å². The number of nitrogens with zero attached hydrogens (tertiary/aromatic N) is 2. The van der Waals surface area contributed by atoms with Gasteiger partial charge in [0.15, 0.2) is 5.82 Å². The minimum Gasteiger partial charge on any atom is -0.496 e. The Morgan fingerprint density at radius 2 is 1.79 bits per heavy atom. The minimum absolute atomic E-state index is 0.801. The van der Waals surface area contributed by atoms with Gasteiger partial charge < -0.3 is 10.1 Å². The van der Waals surface area contributed by atoms with Crippen LogP contribution < -0.4 is 10.1 Å². The highest BCUT2D eigenvalue weighted by Gasteiger charge is 2.14. The van der Waals surface area contributed by atoms with E-state index in [2.05, 4.69) is 15.3 Å². The van der Waals surface area contributed by atoms with E-state index >= 15 is 0 Å². The van der Waals surface area contributed by atoms with Crippen molar-refractivity contribution in [2.24, 2.45) is 0 Å². The summed E-state index contributed by atoms with van der Waals surface area (Å²) in [5.74, 6) is 1.61. The number of aromatic nitrogens is 2. The van der Waals surface area contributed by atoms with Crippen LogP contribution in [0, 0.1) is 13.8 Å². The number of hydrogen-bond acceptors (Lipinski definition) is 4. The fraction of sp³-hybridized carbons (Fsp3) is 0.333. The Kier molecular flexibility index (Phi) is 4.00. The molecule has 0 amide bonds. The molecule has 0 aliphatic rings. The Hall–Kier alpha value is -2.10. The van der Waals surface area contributed by atoms with Gasteiger partial charge >= 0.3 is 0 Å². The van der Waals surface area contributed by atoms with Crippen LogP contribution in [-0.2, 0) is 0 Å². The number of methoxy groups -OCH3 is 1. The molecule has 4 nitrogen and oxygen atoms in total. The smallest absolute Gasteiger partial charge is 0.153 e. The average Bonchev–Trinajstić information content (AvgIpc) is 2.43. The van der Waals surface area contributed by atoms with Crippen molar-refractivity contribution in [3.8, 4) is 17.0 Å². The standard InChI is InChI=1S/C15H19N3O/c1-5-16-15-14(17-10(2)11(3)18-15)12-8-6-7-9-13(12)19-4/h6-9H,5H2,1-4H3,(H,16,18). The highest BCUT2D eigenvalue weighted by Crippen LogP contribution is 2.32. The van der Waals surface area contributed by atoms with Crippen LogP contribution in [0.3, 0.4) is 0 Å². The molecule has 0 saturated carbocycles. The highest BCUT2D eigenvalue weighted by molar-refractivity contribution is 5.76. The van der Waals surface area contributed by atoms with Gasteiger partial charge in [-0.1, -0.05) is 12.1 Å². The van der Waals surface area contributed by atoms with Crippen molar-refractivity contribution in [2.75, 3.05) is 19.0 Å². The maximum absolute atomic E-state index is 5.41. The molecule has 0 unspecified atom stereocenters. The summed E-state index contributed by atoms with van der Waals surface area (Å²) < 4.78 is 5.41. The molecule has 0 spiro atoms. The van der Waals surface area contributed by atoms with Gasteiger partial charge in [0, 0.05) is 12.1 Å². The highest BCUT2D eigenvalue weighted by atomic mass is 16.5. The summed E-state index contributed by atoms with van der Waals surface area (Å²) in [6.45, 7) is 6.79. The van der Waals surface area contributed by atoms with Crippen LogP contribution in [0.4, 0.5) is 5.82 Å². The van der Waals surface area contributed by atoms with Gasteiger partial charge in [0.25, 0.3) is 0 Å². The lowest BCUT2D eigenvalue weighted by molar-refractivity contribution is 0.416. The quantitative estimate of drug-likeness (QED) is 0.913. The van der Waals surface area contributed by atoms with Crippen molar-refractivity contribution < 1.29 is 4.74 Å². The molecule has 2 rings (SSSR count). The molecule has 1 N–H and O–H groups in total. The number of hydrogen-bond donors (Lipinski definition) is 1. The van der Waals surface area contributed by atoms with Gasteiger partial charge in [-0.3, -0.25) is 0 Å². The number of rotatable bonds is 4. The van der Waals surface area contributed by atoms with E-state index in [9.17, 15) is 0 Å². The van der Waals surface area contributed by atoms with Crippen LogP contribution in [-0.4, -0.2) is 23.6 Å². The largest absolute Gasteiger partial charge is 0.496 e. The first-order valence-corrected chi connectivity index (χ1v) is 6.39. The predicted molar refractivity (Wildman–Crippen MR) is 77.7 cm³/mol. The van der Waals surface area contributed by atoms with Gasteiger partial charge in [0.2, 0.25) is 0 Å². The molecular formula is C15H19N3O. The van der Waals surface area contributed by atoms with E-state index in [1.165, 1.54) is 0 Å². The third kappa shape index (κ3) is 2.67. The first-order chi connectivity index (χ1) is 9.17. The molecule has 0 aliphatic heterocycles. The number of anilines is 1.